The molecule has 2 nitrogen and oxygen atoms in total. The molecule has 0 aromatic heterocycles. The predicted octanol–water partition coefficient (Wildman–Crippen LogP) is 5.84. The highest BCUT2D eigenvalue weighted by Gasteiger charge is 2.37. The van der Waals surface area contributed by atoms with Crippen LogP contribution in [0.25, 0.3) is 0 Å². The molecule has 1 aliphatic rings. The molecule has 146 valence electrons. The molecule has 1 saturated carbocycles. The topological polar surface area (TPSA) is 24.1 Å². The van der Waals surface area contributed by atoms with Crippen molar-refractivity contribution in [1.29, 1.82) is 0 Å². The van der Waals surface area contributed by atoms with Crippen molar-refractivity contribution in [3.8, 4) is 0 Å². The Morgan fingerprint density at radius 2 is 1.58 bits per heavy atom. The van der Waals surface area contributed by atoms with E-state index in [9.17, 15) is 26.3 Å². The van der Waals surface area contributed by atoms with E-state index < -0.39 is 23.5 Å². The van der Waals surface area contributed by atoms with Gasteiger partial charge in [0.05, 0.1) is 11.1 Å². The Kier molecular flexibility index (Phi) is 6.09. The molecule has 9 heteroatoms. The average molecular weight is 398 g/mol. The molecule has 0 radical (unpaired) electrons. The first-order valence-corrected chi connectivity index (χ1v) is 8.65. The molecule has 0 heterocycles. The SMILES string of the molecule is CC1CCC[C@@H]1[C@H](C)NC(=S)Nc1cc(C(F)(F)F)cc(C(F)(F)F)c1. The fourth-order valence-corrected chi connectivity index (χ4v) is 3.73. The molecule has 0 amide bonds. The van der Waals surface area contributed by atoms with E-state index in [1.807, 2.05) is 6.92 Å². The number of hydrogen-bond acceptors (Lipinski definition) is 1. The normalized spacial score (nSPS) is 22.2. The zero-order valence-electron chi connectivity index (χ0n) is 14.3. The maximum atomic E-state index is 12.9. The first-order chi connectivity index (χ1) is 11.9. The number of anilines is 1. The first kappa shape index (κ1) is 20.8. The molecule has 1 aromatic carbocycles. The van der Waals surface area contributed by atoms with Gasteiger partial charge in [-0.25, -0.2) is 0 Å². The van der Waals surface area contributed by atoms with Gasteiger partial charge < -0.3 is 10.6 Å². The Hall–Kier alpha value is -1.51. The third-order valence-electron chi connectivity index (χ3n) is 4.77. The molecule has 1 unspecified atom stereocenters. The average Bonchev–Trinajstić information content (AvgIpc) is 2.91. The highest BCUT2D eigenvalue weighted by molar-refractivity contribution is 7.80. The lowest BCUT2D eigenvalue weighted by molar-refractivity contribution is -0.143. The second-order valence-electron chi connectivity index (χ2n) is 6.75. The van der Waals surface area contributed by atoms with Gasteiger partial charge in [-0.05, 0) is 55.6 Å². The van der Waals surface area contributed by atoms with Crippen LogP contribution in [0.5, 0.6) is 0 Å². The molecule has 2 N–H and O–H groups in total. The molecular weight excluding hydrogens is 378 g/mol. The highest BCUT2D eigenvalue weighted by Crippen LogP contribution is 2.37. The van der Waals surface area contributed by atoms with Crippen LogP contribution < -0.4 is 10.6 Å². The van der Waals surface area contributed by atoms with Crippen LogP contribution in [0.1, 0.15) is 44.2 Å². The minimum absolute atomic E-state index is 0.00375. The van der Waals surface area contributed by atoms with Gasteiger partial charge in [-0.2, -0.15) is 26.3 Å². The highest BCUT2D eigenvalue weighted by atomic mass is 32.1. The van der Waals surface area contributed by atoms with E-state index in [2.05, 4.69) is 17.6 Å². The van der Waals surface area contributed by atoms with Crippen LogP contribution in [0.4, 0.5) is 32.0 Å². The number of nitrogens with one attached hydrogen (secondary N) is 2. The minimum Gasteiger partial charge on any atom is -0.360 e. The maximum absolute atomic E-state index is 12.9. The van der Waals surface area contributed by atoms with Crippen molar-refractivity contribution >= 4 is 23.0 Å². The minimum atomic E-state index is -4.89. The lowest BCUT2D eigenvalue weighted by Gasteiger charge is -2.26. The monoisotopic (exact) mass is 398 g/mol. The van der Waals surface area contributed by atoms with Crippen molar-refractivity contribution in [2.24, 2.45) is 11.8 Å². The molecule has 1 aromatic rings. The van der Waals surface area contributed by atoms with E-state index in [0.717, 1.165) is 19.3 Å². The quantitative estimate of drug-likeness (QED) is 0.494. The molecule has 1 fully saturated rings. The summed E-state index contributed by atoms with van der Waals surface area (Å²) in [7, 11) is 0. The van der Waals surface area contributed by atoms with Crippen LogP contribution >= 0.6 is 12.2 Å². The second-order valence-corrected chi connectivity index (χ2v) is 7.16. The summed E-state index contributed by atoms with van der Waals surface area (Å²) in [6.07, 6.45) is -6.57. The van der Waals surface area contributed by atoms with Gasteiger partial charge in [-0.3, -0.25) is 0 Å². The molecule has 1 aliphatic carbocycles. The summed E-state index contributed by atoms with van der Waals surface area (Å²) in [5.41, 5.74) is -3.11. The summed E-state index contributed by atoms with van der Waals surface area (Å²) >= 11 is 5.08. The largest absolute Gasteiger partial charge is 0.416 e. The van der Waals surface area contributed by atoms with Gasteiger partial charge in [0.2, 0.25) is 0 Å². The second kappa shape index (κ2) is 7.62. The Morgan fingerprint density at radius 1 is 1.04 bits per heavy atom. The molecule has 3 atom stereocenters. The first-order valence-electron chi connectivity index (χ1n) is 8.25. The van der Waals surface area contributed by atoms with Crippen LogP contribution in [0.15, 0.2) is 18.2 Å². The van der Waals surface area contributed by atoms with Gasteiger partial charge in [-0.1, -0.05) is 19.8 Å². The number of rotatable bonds is 3. The fraction of sp³-hybridized carbons (Fsp3) is 0.588. The van der Waals surface area contributed by atoms with E-state index >= 15 is 0 Å². The van der Waals surface area contributed by atoms with Crippen LogP contribution in [0.2, 0.25) is 0 Å². The number of alkyl halides is 6. The Morgan fingerprint density at radius 3 is 2.00 bits per heavy atom. The third kappa shape index (κ3) is 5.25. The zero-order valence-corrected chi connectivity index (χ0v) is 15.1. The lowest BCUT2D eigenvalue weighted by atomic mass is 9.91. The standard InChI is InChI=1S/C17H20F6N2S/c1-9-4-3-5-14(9)10(2)24-15(26)25-13-7-11(16(18,19)20)6-12(8-13)17(21,22)23/h6-10,14H,3-5H2,1-2H3,(H2,24,25,26)/t9?,10-,14-/m0/s1. The van der Waals surface area contributed by atoms with Gasteiger partial charge in [-0.15, -0.1) is 0 Å². The summed E-state index contributed by atoms with van der Waals surface area (Å²) in [4.78, 5) is 0. The van der Waals surface area contributed by atoms with Crippen LogP contribution in [0.3, 0.4) is 0 Å². The van der Waals surface area contributed by atoms with E-state index in [-0.39, 0.29) is 22.9 Å². The number of hydrogen-bond donors (Lipinski definition) is 2. The van der Waals surface area contributed by atoms with Gasteiger partial charge in [0.15, 0.2) is 5.11 Å². The van der Waals surface area contributed by atoms with Crippen molar-refractivity contribution in [2.75, 3.05) is 5.32 Å². The summed E-state index contributed by atoms with van der Waals surface area (Å²) in [5.74, 6) is 0.854. The molecule has 0 aliphatic heterocycles. The Bertz CT molecular complexity index is 623. The summed E-state index contributed by atoms with van der Waals surface area (Å²) in [6, 6.07) is 1.29. The lowest BCUT2D eigenvalue weighted by Crippen LogP contribution is -2.41. The molecule has 26 heavy (non-hydrogen) atoms. The molecule has 2 rings (SSSR count). The number of thiocarbonyl (C=S) groups is 1. The van der Waals surface area contributed by atoms with Gasteiger partial charge in [0, 0.05) is 11.7 Å². The number of halogens is 6. The molecular formula is C17H20F6N2S. The van der Waals surface area contributed by atoms with Crippen molar-refractivity contribution in [2.45, 2.75) is 51.5 Å². The van der Waals surface area contributed by atoms with E-state index in [1.165, 1.54) is 0 Å². The van der Waals surface area contributed by atoms with E-state index in [0.29, 0.717) is 24.0 Å². The third-order valence-corrected chi connectivity index (χ3v) is 4.99. The number of benzene rings is 1. The summed E-state index contributed by atoms with van der Waals surface area (Å²) < 4.78 is 77.3. The van der Waals surface area contributed by atoms with Crippen molar-refractivity contribution < 1.29 is 26.3 Å². The van der Waals surface area contributed by atoms with Crippen LogP contribution in [-0.4, -0.2) is 11.2 Å². The van der Waals surface area contributed by atoms with E-state index in [4.69, 9.17) is 12.2 Å². The fourth-order valence-electron chi connectivity index (χ4n) is 3.43. The molecule has 0 saturated heterocycles. The van der Waals surface area contributed by atoms with Crippen LogP contribution in [0, 0.1) is 11.8 Å². The van der Waals surface area contributed by atoms with E-state index in [1.54, 1.807) is 0 Å². The van der Waals surface area contributed by atoms with Gasteiger partial charge in [0.25, 0.3) is 0 Å². The predicted molar refractivity (Wildman–Crippen MR) is 91.8 cm³/mol. The molecule has 0 spiro atoms. The van der Waals surface area contributed by atoms with Gasteiger partial charge in [0.1, 0.15) is 0 Å². The zero-order chi connectivity index (χ0) is 19.7. The smallest absolute Gasteiger partial charge is 0.360 e. The maximum Gasteiger partial charge on any atom is 0.416 e. The van der Waals surface area contributed by atoms with Crippen LogP contribution in [-0.2, 0) is 12.4 Å². The van der Waals surface area contributed by atoms with Crippen molar-refractivity contribution in [3.05, 3.63) is 29.3 Å². The summed E-state index contributed by atoms with van der Waals surface area (Å²) in [6.45, 7) is 4.03. The Labute approximate surface area is 153 Å². The van der Waals surface area contributed by atoms with Crippen molar-refractivity contribution in [3.63, 3.8) is 0 Å². The Balaban J connectivity index is 2.15. The van der Waals surface area contributed by atoms with Crippen molar-refractivity contribution in [1.82, 2.24) is 5.32 Å². The summed E-state index contributed by atoms with van der Waals surface area (Å²) in [5, 5.41) is 5.44. The van der Waals surface area contributed by atoms with Gasteiger partial charge >= 0.3 is 12.4 Å². The molecule has 0 bridgehead atoms.